The highest BCUT2D eigenvalue weighted by Crippen LogP contribution is 2.19. The van der Waals surface area contributed by atoms with Crippen LogP contribution in [0, 0.1) is 6.92 Å². The van der Waals surface area contributed by atoms with Crippen LogP contribution in [0.25, 0.3) is 22.5 Å². The van der Waals surface area contributed by atoms with Crippen molar-refractivity contribution in [3.05, 3.63) is 63.3 Å². The number of aryl methyl sites for hydroxylation is 1. The van der Waals surface area contributed by atoms with E-state index in [9.17, 15) is 4.79 Å². The van der Waals surface area contributed by atoms with Gasteiger partial charge in [-0.3, -0.25) is 9.36 Å². The van der Waals surface area contributed by atoms with Crippen LogP contribution in [0.4, 0.5) is 0 Å². The minimum atomic E-state index is 0.0281. The Morgan fingerprint density at radius 1 is 1.14 bits per heavy atom. The van der Waals surface area contributed by atoms with Crippen LogP contribution in [-0.2, 0) is 0 Å². The fourth-order valence-corrected chi connectivity index (χ4v) is 3.12. The molecule has 0 saturated carbocycles. The Balaban J connectivity index is 1.98. The van der Waals surface area contributed by atoms with Crippen LogP contribution in [0.1, 0.15) is 11.1 Å². The van der Waals surface area contributed by atoms with Crippen molar-refractivity contribution in [1.29, 1.82) is 0 Å². The lowest BCUT2D eigenvalue weighted by Crippen LogP contribution is -2.05. The molecule has 0 radical (unpaired) electrons. The molecule has 0 amide bonds. The second-order valence-electron chi connectivity index (χ2n) is 4.80. The summed E-state index contributed by atoms with van der Waals surface area (Å²) in [6, 6.07) is 13.8. The van der Waals surface area contributed by atoms with Gasteiger partial charge in [0.15, 0.2) is 0 Å². The van der Waals surface area contributed by atoms with Crippen molar-refractivity contribution in [2.75, 3.05) is 7.11 Å². The molecule has 0 fully saturated rings. The van der Waals surface area contributed by atoms with Crippen LogP contribution in [0.15, 0.2) is 47.3 Å². The maximum Gasteiger partial charge on any atom is 0.312 e. The molecule has 0 N–H and O–H groups in total. The first-order valence-electron chi connectivity index (χ1n) is 6.61. The normalized spacial score (nSPS) is 11.3. The van der Waals surface area contributed by atoms with E-state index in [0.717, 1.165) is 27.1 Å². The maximum absolute atomic E-state index is 12.1. The van der Waals surface area contributed by atoms with E-state index in [4.69, 9.17) is 4.74 Å². The minimum absolute atomic E-state index is 0.0281. The molecule has 0 unspecified atom stereocenters. The van der Waals surface area contributed by atoms with Gasteiger partial charge < -0.3 is 4.74 Å². The lowest BCUT2D eigenvalue weighted by atomic mass is 10.2. The summed E-state index contributed by atoms with van der Waals surface area (Å²) in [5.41, 5.74) is 3.13. The van der Waals surface area contributed by atoms with Crippen LogP contribution in [0.5, 0.6) is 5.75 Å². The number of hydrogen-bond donors (Lipinski definition) is 0. The topological polar surface area (TPSA) is 31.2 Å². The number of rotatable bonds is 3. The van der Waals surface area contributed by atoms with Crippen LogP contribution >= 0.6 is 11.3 Å². The second-order valence-corrected chi connectivity index (χ2v) is 5.79. The van der Waals surface area contributed by atoms with Crippen molar-refractivity contribution in [2.24, 2.45) is 0 Å². The minimum Gasteiger partial charge on any atom is -0.497 e. The van der Waals surface area contributed by atoms with E-state index in [1.54, 1.807) is 11.7 Å². The zero-order valence-electron chi connectivity index (χ0n) is 11.9. The van der Waals surface area contributed by atoms with E-state index in [0.29, 0.717) is 0 Å². The third-order valence-corrected chi connectivity index (χ3v) is 4.22. The van der Waals surface area contributed by atoms with Gasteiger partial charge in [-0.2, -0.15) is 0 Å². The zero-order valence-corrected chi connectivity index (χ0v) is 12.7. The lowest BCUT2D eigenvalue weighted by Gasteiger charge is -2.00. The van der Waals surface area contributed by atoms with Gasteiger partial charge in [-0.1, -0.05) is 29.5 Å². The molecule has 1 heterocycles. The first-order chi connectivity index (χ1) is 10.2. The Kier molecular flexibility index (Phi) is 3.62. The molecule has 3 aromatic rings. The van der Waals surface area contributed by atoms with Crippen molar-refractivity contribution in [3.8, 4) is 5.75 Å². The fraction of sp³-hybridized carbons (Fsp3) is 0.118. The third-order valence-electron chi connectivity index (χ3n) is 3.30. The Morgan fingerprint density at radius 3 is 2.62 bits per heavy atom. The zero-order chi connectivity index (χ0) is 14.8. The van der Waals surface area contributed by atoms with Crippen LogP contribution < -0.4 is 9.61 Å². The van der Waals surface area contributed by atoms with Gasteiger partial charge in [-0.15, -0.1) is 0 Å². The molecule has 4 heteroatoms. The Labute approximate surface area is 126 Å². The summed E-state index contributed by atoms with van der Waals surface area (Å²) in [4.78, 5) is 12.1. The van der Waals surface area contributed by atoms with E-state index in [1.807, 2.05) is 61.7 Å². The average Bonchev–Trinajstić information content (AvgIpc) is 2.80. The first kappa shape index (κ1) is 13.6. The van der Waals surface area contributed by atoms with E-state index in [-0.39, 0.29) is 4.87 Å². The lowest BCUT2D eigenvalue weighted by molar-refractivity contribution is 0.415. The number of thiazole rings is 1. The molecule has 0 bridgehead atoms. The molecule has 106 valence electrons. The summed E-state index contributed by atoms with van der Waals surface area (Å²) in [5.74, 6) is 0.820. The average molecular weight is 297 g/mol. The Hall–Kier alpha value is -2.33. The molecule has 3 rings (SSSR count). The maximum atomic E-state index is 12.1. The van der Waals surface area contributed by atoms with Crippen molar-refractivity contribution in [2.45, 2.75) is 6.92 Å². The summed E-state index contributed by atoms with van der Waals surface area (Å²) in [5, 5.41) is 0. The molecule has 21 heavy (non-hydrogen) atoms. The van der Waals surface area contributed by atoms with Crippen molar-refractivity contribution < 1.29 is 4.74 Å². The molecular formula is C17H15NO2S. The molecule has 0 atom stereocenters. The van der Waals surface area contributed by atoms with Gasteiger partial charge in [0.05, 0.1) is 17.3 Å². The monoisotopic (exact) mass is 297 g/mol. The van der Waals surface area contributed by atoms with Crippen molar-refractivity contribution in [1.82, 2.24) is 4.57 Å². The van der Waals surface area contributed by atoms with E-state index >= 15 is 0 Å². The highest BCUT2D eigenvalue weighted by Gasteiger charge is 2.04. The molecule has 0 aliphatic rings. The summed E-state index contributed by atoms with van der Waals surface area (Å²) in [6.45, 7) is 2.03. The fourth-order valence-electron chi connectivity index (χ4n) is 2.16. The van der Waals surface area contributed by atoms with Gasteiger partial charge in [-0.05, 0) is 48.4 Å². The van der Waals surface area contributed by atoms with Gasteiger partial charge in [0.25, 0.3) is 0 Å². The number of fused-ring (bicyclic) bond motifs is 1. The number of ether oxygens (including phenoxy) is 1. The summed E-state index contributed by atoms with van der Waals surface area (Å²) < 4.78 is 7.83. The number of hydrogen-bond acceptors (Lipinski definition) is 3. The van der Waals surface area contributed by atoms with Gasteiger partial charge in [-0.25, -0.2) is 0 Å². The molecule has 0 aliphatic carbocycles. The van der Waals surface area contributed by atoms with Gasteiger partial charge in [0.2, 0.25) is 0 Å². The molecular weight excluding hydrogens is 282 g/mol. The smallest absolute Gasteiger partial charge is 0.312 e. The van der Waals surface area contributed by atoms with E-state index in [2.05, 4.69) is 0 Å². The Bertz CT molecular complexity index is 857. The number of methoxy groups -OCH3 is 1. The highest BCUT2D eigenvalue weighted by atomic mass is 32.1. The number of benzene rings is 2. The SMILES string of the molecule is COc1ccc(/C=C/n2c(=O)sc3cc(C)ccc32)cc1. The quantitative estimate of drug-likeness (QED) is 0.731. The molecule has 3 nitrogen and oxygen atoms in total. The van der Waals surface area contributed by atoms with Crippen LogP contribution in [-0.4, -0.2) is 11.7 Å². The van der Waals surface area contributed by atoms with E-state index < -0.39 is 0 Å². The summed E-state index contributed by atoms with van der Waals surface area (Å²) in [7, 11) is 1.64. The summed E-state index contributed by atoms with van der Waals surface area (Å²) >= 11 is 1.27. The van der Waals surface area contributed by atoms with Gasteiger partial charge >= 0.3 is 4.87 Å². The third kappa shape index (κ3) is 2.76. The van der Waals surface area contributed by atoms with Gasteiger partial charge in [0.1, 0.15) is 5.75 Å². The van der Waals surface area contributed by atoms with Crippen molar-refractivity contribution in [3.63, 3.8) is 0 Å². The predicted molar refractivity (Wildman–Crippen MR) is 89.0 cm³/mol. The summed E-state index contributed by atoms with van der Waals surface area (Å²) in [6.07, 6.45) is 3.74. The molecule has 0 spiro atoms. The Morgan fingerprint density at radius 2 is 1.90 bits per heavy atom. The van der Waals surface area contributed by atoms with Gasteiger partial charge in [0, 0.05) is 6.20 Å². The standard InChI is InChI=1S/C17H15NO2S/c1-12-3-8-15-16(11-12)21-17(19)18(15)10-9-13-4-6-14(20-2)7-5-13/h3-11H,1-2H3/b10-9+. The molecule has 2 aromatic carbocycles. The van der Waals surface area contributed by atoms with Crippen LogP contribution in [0.2, 0.25) is 0 Å². The molecule has 0 saturated heterocycles. The highest BCUT2D eigenvalue weighted by molar-refractivity contribution is 7.16. The molecule has 0 aliphatic heterocycles. The molecule has 1 aromatic heterocycles. The number of nitrogens with zero attached hydrogens (tertiary/aromatic N) is 1. The number of aromatic nitrogens is 1. The van der Waals surface area contributed by atoms with E-state index in [1.165, 1.54) is 11.3 Å². The second kappa shape index (κ2) is 5.58. The van der Waals surface area contributed by atoms with Crippen LogP contribution in [0.3, 0.4) is 0 Å². The predicted octanol–water partition coefficient (Wildman–Crippen LogP) is 4.01. The van der Waals surface area contributed by atoms with Crippen molar-refractivity contribution >= 4 is 33.8 Å². The largest absolute Gasteiger partial charge is 0.497 e. The first-order valence-corrected chi connectivity index (χ1v) is 7.43.